The highest BCUT2D eigenvalue weighted by atomic mass is 35.5. The van der Waals surface area contributed by atoms with Crippen molar-refractivity contribution in [1.82, 2.24) is 14.5 Å². The van der Waals surface area contributed by atoms with Gasteiger partial charge in [-0.2, -0.15) is 0 Å². The first kappa shape index (κ1) is 32.8. The Morgan fingerprint density at radius 3 is 2.27 bits per heavy atom. The summed E-state index contributed by atoms with van der Waals surface area (Å²) < 4.78 is 2.13. The van der Waals surface area contributed by atoms with Crippen LogP contribution in [0.1, 0.15) is 41.8 Å². The number of aryl methyl sites for hydroxylation is 3. The van der Waals surface area contributed by atoms with Gasteiger partial charge in [0.2, 0.25) is 5.91 Å². The number of nitrogens with zero attached hydrogens (tertiary/aromatic N) is 4. The molecule has 0 unspecified atom stereocenters. The van der Waals surface area contributed by atoms with Crippen LogP contribution in [0.25, 0.3) is 11.0 Å². The molecular formula is C31H40Cl2N6O. The molecule has 0 atom stereocenters. The van der Waals surface area contributed by atoms with Crippen molar-refractivity contribution in [1.29, 1.82) is 5.41 Å². The number of nitrogens with two attached hydrogens (primary N) is 1. The number of amides is 1. The molecule has 1 amide bonds. The second-order valence-corrected chi connectivity index (χ2v) is 10.1. The predicted molar refractivity (Wildman–Crippen MR) is 170 cm³/mol. The van der Waals surface area contributed by atoms with E-state index < -0.39 is 0 Å². The number of nitrogen functional groups attached to an aromatic ring is 1. The summed E-state index contributed by atoms with van der Waals surface area (Å²) in [5, 5.41) is 7.56. The number of hydrogen-bond acceptors (Lipinski definition) is 4. The van der Waals surface area contributed by atoms with Gasteiger partial charge in [0, 0.05) is 31.1 Å². The lowest BCUT2D eigenvalue weighted by molar-refractivity contribution is -0.118. The minimum absolute atomic E-state index is 0. The third-order valence-electron chi connectivity index (χ3n) is 6.90. The summed E-state index contributed by atoms with van der Waals surface area (Å²) in [6.45, 7) is 1.52. The first-order valence-corrected chi connectivity index (χ1v) is 13.2. The molecule has 1 aromatic heterocycles. The Kier molecular flexibility index (Phi) is 12.6. The lowest BCUT2D eigenvalue weighted by atomic mass is 10.1. The number of unbranched alkanes of at least 4 members (excludes halogenated alkanes) is 1. The molecule has 3 aromatic carbocycles. The Labute approximate surface area is 249 Å². The van der Waals surface area contributed by atoms with Gasteiger partial charge in [0.1, 0.15) is 11.7 Å². The zero-order valence-corrected chi connectivity index (χ0v) is 25.1. The van der Waals surface area contributed by atoms with Gasteiger partial charge in [-0.1, -0.05) is 54.6 Å². The average molecular weight is 584 g/mol. The van der Waals surface area contributed by atoms with Crippen LogP contribution in [0.15, 0.2) is 72.8 Å². The summed E-state index contributed by atoms with van der Waals surface area (Å²) in [6, 6.07) is 24.1. The van der Waals surface area contributed by atoms with Gasteiger partial charge in [0.05, 0.1) is 17.6 Å². The minimum atomic E-state index is 0. The van der Waals surface area contributed by atoms with E-state index in [2.05, 4.69) is 41.8 Å². The van der Waals surface area contributed by atoms with Gasteiger partial charge >= 0.3 is 0 Å². The van der Waals surface area contributed by atoms with E-state index in [1.807, 2.05) is 66.5 Å². The fourth-order valence-electron chi connectivity index (χ4n) is 4.67. The molecule has 0 bridgehead atoms. The quantitative estimate of drug-likeness (QED) is 0.126. The number of hydrogen-bond donors (Lipinski definition) is 2. The Morgan fingerprint density at radius 2 is 1.62 bits per heavy atom. The monoisotopic (exact) mass is 582 g/mol. The van der Waals surface area contributed by atoms with E-state index in [0.717, 1.165) is 65.9 Å². The van der Waals surface area contributed by atoms with E-state index in [4.69, 9.17) is 16.1 Å². The SMILES string of the molecule is CN(C)CCCCC(=O)N(Cc1ccccc1)c1ccc2c(c1)nc(CCc1ccc(C(=N)N)cc1)n2C.Cl.Cl. The Morgan fingerprint density at radius 1 is 0.925 bits per heavy atom. The van der Waals surface area contributed by atoms with E-state index in [1.54, 1.807) is 0 Å². The molecule has 0 saturated carbocycles. The highest BCUT2D eigenvalue weighted by Crippen LogP contribution is 2.26. The molecule has 0 fully saturated rings. The highest BCUT2D eigenvalue weighted by molar-refractivity contribution is 5.95. The van der Waals surface area contributed by atoms with E-state index in [-0.39, 0.29) is 36.6 Å². The second-order valence-electron chi connectivity index (χ2n) is 10.1. The molecule has 9 heteroatoms. The number of carbonyl (C=O) groups is 1. The van der Waals surface area contributed by atoms with E-state index in [9.17, 15) is 4.79 Å². The van der Waals surface area contributed by atoms with Crippen LogP contribution in [0.5, 0.6) is 0 Å². The van der Waals surface area contributed by atoms with Crippen LogP contribution in [0, 0.1) is 5.41 Å². The Bertz CT molecular complexity index is 1390. The van der Waals surface area contributed by atoms with Gasteiger partial charge in [-0.3, -0.25) is 10.2 Å². The van der Waals surface area contributed by atoms with Crippen molar-refractivity contribution in [3.05, 3.63) is 95.3 Å². The summed E-state index contributed by atoms with van der Waals surface area (Å²) in [5.74, 6) is 1.21. The van der Waals surface area contributed by atoms with Crippen LogP contribution < -0.4 is 10.6 Å². The molecule has 1 heterocycles. The van der Waals surface area contributed by atoms with Crippen molar-refractivity contribution in [2.45, 2.75) is 38.6 Å². The molecule has 3 N–H and O–H groups in total. The molecule has 4 rings (SSSR count). The van der Waals surface area contributed by atoms with Crippen LogP contribution in [-0.2, 0) is 31.2 Å². The maximum Gasteiger partial charge on any atom is 0.227 e. The molecule has 0 saturated heterocycles. The number of fused-ring (bicyclic) bond motifs is 1. The summed E-state index contributed by atoms with van der Waals surface area (Å²) in [6.07, 6.45) is 4.02. The van der Waals surface area contributed by atoms with E-state index >= 15 is 0 Å². The zero-order valence-electron chi connectivity index (χ0n) is 23.5. The maximum absolute atomic E-state index is 13.4. The molecular weight excluding hydrogens is 543 g/mol. The fourth-order valence-corrected chi connectivity index (χ4v) is 4.67. The number of anilines is 1. The summed E-state index contributed by atoms with van der Waals surface area (Å²) in [5.41, 5.74) is 11.4. The van der Waals surface area contributed by atoms with Crippen molar-refractivity contribution in [3.63, 3.8) is 0 Å². The van der Waals surface area contributed by atoms with Crippen molar-refractivity contribution < 1.29 is 4.79 Å². The van der Waals surface area contributed by atoms with Crippen LogP contribution in [0.4, 0.5) is 5.69 Å². The maximum atomic E-state index is 13.4. The van der Waals surface area contributed by atoms with Crippen LogP contribution in [0.2, 0.25) is 0 Å². The molecule has 0 aliphatic rings. The van der Waals surface area contributed by atoms with Crippen molar-refractivity contribution in [3.8, 4) is 0 Å². The minimum Gasteiger partial charge on any atom is -0.384 e. The standard InChI is InChI=1S/C31H38N6O.2ClH/c1-35(2)20-8-7-11-30(38)37(22-24-9-5-4-6-10-24)26-17-18-28-27(21-26)34-29(36(28)3)19-14-23-12-15-25(16-13-23)31(32)33;;/h4-6,9-10,12-13,15-18,21H,7-8,11,14,19-20,22H2,1-3H3,(H3,32,33);2*1H. The molecule has 0 spiro atoms. The largest absolute Gasteiger partial charge is 0.384 e. The fraction of sp³-hybridized carbons (Fsp3) is 0.323. The lowest BCUT2D eigenvalue weighted by Gasteiger charge is -2.23. The van der Waals surface area contributed by atoms with Gasteiger partial charge in [0.15, 0.2) is 0 Å². The predicted octanol–water partition coefficient (Wildman–Crippen LogP) is 5.75. The van der Waals surface area contributed by atoms with Gasteiger partial charge in [-0.25, -0.2) is 4.98 Å². The molecule has 0 radical (unpaired) electrons. The molecule has 4 aromatic rings. The average Bonchev–Trinajstić information content (AvgIpc) is 3.23. The zero-order chi connectivity index (χ0) is 27.1. The highest BCUT2D eigenvalue weighted by Gasteiger charge is 2.18. The number of amidine groups is 1. The molecule has 0 aliphatic carbocycles. The van der Waals surface area contributed by atoms with Crippen molar-refractivity contribution in [2.24, 2.45) is 12.8 Å². The van der Waals surface area contributed by atoms with Gasteiger partial charge in [-0.05, 0) is 69.2 Å². The third-order valence-corrected chi connectivity index (χ3v) is 6.90. The topological polar surface area (TPSA) is 91.2 Å². The van der Waals surface area contributed by atoms with E-state index in [1.165, 1.54) is 5.56 Å². The second kappa shape index (κ2) is 15.4. The summed E-state index contributed by atoms with van der Waals surface area (Å²) in [4.78, 5) is 22.4. The lowest BCUT2D eigenvalue weighted by Crippen LogP contribution is -2.30. The summed E-state index contributed by atoms with van der Waals surface area (Å²) in [7, 11) is 6.16. The smallest absolute Gasteiger partial charge is 0.227 e. The number of benzene rings is 3. The van der Waals surface area contributed by atoms with Crippen molar-refractivity contribution >= 4 is 53.3 Å². The molecule has 7 nitrogen and oxygen atoms in total. The number of nitrogens with one attached hydrogen (secondary N) is 1. The number of aromatic nitrogens is 2. The van der Waals surface area contributed by atoms with E-state index in [0.29, 0.717) is 13.0 Å². The first-order valence-electron chi connectivity index (χ1n) is 13.2. The number of carbonyl (C=O) groups excluding carboxylic acids is 1. The summed E-state index contributed by atoms with van der Waals surface area (Å²) >= 11 is 0. The van der Waals surface area contributed by atoms with Crippen LogP contribution in [0.3, 0.4) is 0 Å². The number of halogens is 2. The van der Waals surface area contributed by atoms with Gasteiger partial charge in [-0.15, -0.1) is 24.8 Å². The first-order chi connectivity index (χ1) is 18.3. The van der Waals surface area contributed by atoms with Crippen molar-refractivity contribution in [2.75, 3.05) is 25.5 Å². The normalized spacial score (nSPS) is 10.7. The molecule has 214 valence electrons. The Balaban J connectivity index is 0.00000280. The Hall–Kier alpha value is -3.39. The number of rotatable bonds is 12. The molecule has 40 heavy (non-hydrogen) atoms. The van der Waals surface area contributed by atoms with Gasteiger partial charge < -0.3 is 20.1 Å². The van der Waals surface area contributed by atoms with Crippen LogP contribution in [-0.4, -0.2) is 46.8 Å². The van der Waals surface area contributed by atoms with Gasteiger partial charge in [0.25, 0.3) is 0 Å². The third kappa shape index (κ3) is 8.55. The number of imidazole rings is 1. The molecule has 0 aliphatic heterocycles. The van der Waals surface area contributed by atoms with Crippen LogP contribution >= 0.6 is 24.8 Å².